The summed E-state index contributed by atoms with van der Waals surface area (Å²) in [6.07, 6.45) is 2.60. The second-order valence-electron chi connectivity index (χ2n) is 4.35. The molecule has 6 heteroatoms. The van der Waals surface area contributed by atoms with E-state index in [4.69, 9.17) is 5.26 Å². The summed E-state index contributed by atoms with van der Waals surface area (Å²) < 4.78 is 14.1. The molecule has 0 saturated carbocycles. The van der Waals surface area contributed by atoms with Crippen molar-refractivity contribution >= 4 is 0 Å². The molecule has 1 aromatic carbocycles. The average Bonchev–Trinajstić information content (AvgIpc) is 2.90. The third-order valence-corrected chi connectivity index (χ3v) is 3.04. The molecule has 0 bridgehead atoms. The van der Waals surface area contributed by atoms with Gasteiger partial charge in [-0.05, 0) is 29.8 Å². The zero-order chi connectivity index (χ0) is 14.8. The number of benzene rings is 1. The van der Waals surface area contributed by atoms with Gasteiger partial charge in [-0.3, -0.25) is 9.89 Å². The number of hydrogen-bond acceptors (Lipinski definition) is 3. The fourth-order valence-electron chi connectivity index (χ4n) is 1.97. The SMILES string of the molecule is N#Cc1ccc(-c2c[nH]n(-c3ccc(F)cn3)c2=O)cc1. The molecule has 0 saturated heterocycles. The molecule has 0 aliphatic heterocycles. The Morgan fingerprint density at radius 2 is 1.95 bits per heavy atom. The Bertz CT molecular complexity index is 870. The number of H-pyrrole nitrogens is 1. The molecule has 3 aromatic rings. The number of nitrogens with zero attached hydrogens (tertiary/aromatic N) is 3. The lowest BCUT2D eigenvalue weighted by Crippen LogP contribution is -2.16. The maximum atomic E-state index is 12.9. The Morgan fingerprint density at radius 3 is 2.57 bits per heavy atom. The molecule has 102 valence electrons. The van der Waals surface area contributed by atoms with Gasteiger partial charge >= 0.3 is 0 Å². The fourth-order valence-corrected chi connectivity index (χ4v) is 1.97. The van der Waals surface area contributed by atoms with E-state index in [1.54, 1.807) is 30.5 Å². The van der Waals surface area contributed by atoms with Gasteiger partial charge in [0.2, 0.25) is 0 Å². The number of aromatic amines is 1. The topological polar surface area (TPSA) is 74.5 Å². The Hall–Kier alpha value is -3.20. The van der Waals surface area contributed by atoms with Crippen LogP contribution in [-0.4, -0.2) is 14.8 Å². The van der Waals surface area contributed by atoms with Crippen LogP contribution in [0.4, 0.5) is 4.39 Å². The summed E-state index contributed by atoms with van der Waals surface area (Å²) in [5.74, 6) is -0.160. The first-order valence-electron chi connectivity index (χ1n) is 6.12. The molecule has 0 spiro atoms. The molecule has 21 heavy (non-hydrogen) atoms. The van der Waals surface area contributed by atoms with E-state index in [0.717, 1.165) is 6.20 Å². The summed E-state index contributed by atoms with van der Waals surface area (Å²) in [6, 6.07) is 11.3. The highest BCUT2D eigenvalue weighted by Gasteiger charge is 2.10. The smallest absolute Gasteiger partial charge is 0.280 e. The van der Waals surface area contributed by atoms with Gasteiger partial charge < -0.3 is 0 Å². The van der Waals surface area contributed by atoms with Crippen LogP contribution in [0.2, 0.25) is 0 Å². The first kappa shape index (κ1) is 12.8. The maximum absolute atomic E-state index is 12.9. The Balaban J connectivity index is 2.04. The number of nitrogens with one attached hydrogen (secondary N) is 1. The summed E-state index contributed by atoms with van der Waals surface area (Å²) in [5, 5.41) is 11.6. The quantitative estimate of drug-likeness (QED) is 0.782. The van der Waals surface area contributed by atoms with Crippen molar-refractivity contribution in [3.8, 4) is 23.0 Å². The number of pyridine rings is 1. The molecule has 0 amide bonds. The van der Waals surface area contributed by atoms with Crippen LogP contribution in [0.25, 0.3) is 16.9 Å². The molecule has 5 nitrogen and oxygen atoms in total. The highest BCUT2D eigenvalue weighted by Crippen LogP contribution is 2.16. The van der Waals surface area contributed by atoms with E-state index >= 15 is 0 Å². The molecule has 2 heterocycles. The van der Waals surface area contributed by atoms with E-state index in [1.165, 1.54) is 16.8 Å². The largest absolute Gasteiger partial charge is 0.296 e. The summed E-state index contributed by atoms with van der Waals surface area (Å²) >= 11 is 0. The third-order valence-electron chi connectivity index (χ3n) is 3.04. The van der Waals surface area contributed by atoms with E-state index in [2.05, 4.69) is 10.1 Å². The lowest BCUT2D eigenvalue weighted by molar-refractivity contribution is 0.618. The van der Waals surface area contributed by atoms with Crippen LogP contribution in [-0.2, 0) is 0 Å². The second kappa shape index (κ2) is 5.06. The molecule has 0 fully saturated rings. The molecular formula is C15H9FN4O. The van der Waals surface area contributed by atoms with E-state index in [9.17, 15) is 9.18 Å². The minimum Gasteiger partial charge on any atom is -0.296 e. The predicted octanol–water partition coefficient (Wildman–Crippen LogP) is 2.24. The van der Waals surface area contributed by atoms with Crippen LogP contribution < -0.4 is 5.56 Å². The lowest BCUT2D eigenvalue weighted by Gasteiger charge is -1.99. The van der Waals surface area contributed by atoms with Crippen molar-refractivity contribution in [3.63, 3.8) is 0 Å². The van der Waals surface area contributed by atoms with Gasteiger partial charge in [0.1, 0.15) is 5.82 Å². The minimum atomic E-state index is -0.467. The average molecular weight is 280 g/mol. The molecular weight excluding hydrogens is 271 g/mol. The molecule has 3 rings (SSSR count). The molecule has 0 radical (unpaired) electrons. The molecule has 0 unspecified atom stereocenters. The first-order chi connectivity index (χ1) is 10.2. The number of halogens is 1. The highest BCUT2D eigenvalue weighted by molar-refractivity contribution is 5.63. The summed E-state index contributed by atoms with van der Waals surface area (Å²) in [6.45, 7) is 0. The van der Waals surface area contributed by atoms with Gasteiger partial charge in [0, 0.05) is 6.20 Å². The van der Waals surface area contributed by atoms with Crippen molar-refractivity contribution in [2.24, 2.45) is 0 Å². The van der Waals surface area contributed by atoms with Gasteiger partial charge in [-0.25, -0.2) is 14.1 Å². The Labute approximate surface area is 118 Å². The van der Waals surface area contributed by atoms with Crippen molar-refractivity contribution in [1.82, 2.24) is 14.8 Å². The van der Waals surface area contributed by atoms with Crippen LogP contribution in [0.15, 0.2) is 53.6 Å². The number of hydrogen-bond donors (Lipinski definition) is 1. The van der Waals surface area contributed by atoms with Crippen molar-refractivity contribution in [2.45, 2.75) is 0 Å². The van der Waals surface area contributed by atoms with Crippen LogP contribution in [0.1, 0.15) is 5.56 Å². The molecule has 0 aliphatic carbocycles. The van der Waals surface area contributed by atoms with Crippen LogP contribution in [0, 0.1) is 17.1 Å². The molecule has 2 aromatic heterocycles. The predicted molar refractivity (Wildman–Crippen MR) is 74.3 cm³/mol. The Kier molecular flexibility index (Phi) is 3.09. The van der Waals surface area contributed by atoms with Crippen molar-refractivity contribution in [2.75, 3.05) is 0 Å². The van der Waals surface area contributed by atoms with E-state index < -0.39 is 5.82 Å². The van der Waals surface area contributed by atoms with Crippen molar-refractivity contribution in [3.05, 3.63) is 70.5 Å². The Morgan fingerprint density at radius 1 is 1.19 bits per heavy atom. The normalized spacial score (nSPS) is 10.3. The maximum Gasteiger partial charge on any atom is 0.280 e. The van der Waals surface area contributed by atoms with E-state index in [-0.39, 0.29) is 5.56 Å². The van der Waals surface area contributed by atoms with Gasteiger partial charge in [-0.1, -0.05) is 12.1 Å². The zero-order valence-electron chi connectivity index (χ0n) is 10.7. The summed E-state index contributed by atoms with van der Waals surface area (Å²) in [5.41, 5.74) is 1.37. The number of nitriles is 1. The molecule has 1 N–H and O–H groups in total. The van der Waals surface area contributed by atoms with Gasteiger partial charge in [0.25, 0.3) is 5.56 Å². The zero-order valence-corrected chi connectivity index (χ0v) is 10.7. The van der Waals surface area contributed by atoms with E-state index in [0.29, 0.717) is 22.5 Å². The fraction of sp³-hybridized carbons (Fsp3) is 0. The van der Waals surface area contributed by atoms with E-state index in [1.807, 2.05) is 6.07 Å². The monoisotopic (exact) mass is 280 g/mol. The first-order valence-corrected chi connectivity index (χ1v) is 6.12. The van der Waals surface area contributed by atoms with Gasteiger partial charge in [-0.15, -0.1) is 0 Å². The minimum absolute atomic E-state index is 0.293. The van der Waals surface area contributed by atoms with Crippen LogP contribution >= 0.6 is 0 Å². The van der Waals surface area contributed by atoms with Gasteiger partial charge in [0.15, 0.2) is 5.82 Å². The van der Waals surface area contributed by atoms with Crippen molar-refractivity contribution in [1.29, 1.82) is 5.26 Å². The number of aromatic nitrogens is 3. The third kappa shape index (κ3) is 2.32. The summed E-state index contributed by atoms with van der Waals surface area (Å²) in [4.78, 5) is 16.2. The highest BCUT2D eigenvalue weighted by atomic mass is 19.1. The lowest BCUT2D eigenvalue weighted by atomic mass is 10.1. The van der Waals surface area contributed by atoms with Crippen LogP contribution in [0.5, 0.6) is 0 Å². The standard InChI is InChI=1S/C15H9FN4O/c16-12-5-6-14(18-8-12)20-15(21)13(9-19-20)11-3-1-10(7-17)2-4-11/h1-6,8-9,19H. The molecule has 0 atom stereocenters. The molecule has 0 aliphatic rings. The number of rotatable bonds is 2. The second-order valence-corrected chi connectivity index (χ2v) is 4.35. The van der Waals surface area contributed by atoms with Gasteiger partial charge in [0.05, 0.1) is 23.4 Å². The van der Waals surface area contributed by atoms with Gasteiger partial charge in [-0.2, -0.15) is 5.26 Å². The summed E-state index contributed by atoms with van der Waals surface area (Å²) in [7, 11) is 0. The van der Waals surface area contributed by atoms with Crippen molar-refractivity contribution < 1.29 is 4.39 Å². The van der Waals surface area contributed by atoms with Crippen LogP contribution in [0.3, 0.4) is 0 Å².